The van der Waals surface area contributed by atoms with Crippen molar-refractivity contribution in [3.05, 3.63) is 24.5 Å². The lowest BCUT2D eigenvalue weighted by atomic mass is 10.2. The minimum Gasteiger partial charge on any atom is -0.399 e. The van der Waals surface area contributed by atoms with Gasteiger partial charge in [-0.05, 0) is 25.1 Å². The number of anilines is 2. The van der Waals surface area contributed by atoms with Crippen LogP contribution in [0.15, 0.2) is 24.5 Å². The van der Waals surface area contributed by atoms with Gasteiger partial charge in [-0.25, -0.2) is 9.97 Å². The summed E-state index contributed by atoms with van der Waals surface area (Å²) in [6, 6.07) is 5.62. The van der Waals surface area contributed by atoms with Crippen molar-refractivity contribution in [3.8, 4) is 0 Å². The van der Waals surface area contributed by atoms with Crippen molar-refractivity contribution in [1.29, 1.82) is 0 Å². The second-order valence-electron chi connectivity index (χ2n) is 3.03. The maximum atomic E-state index is 5.71. The quantitative estimate of drug-likeness (QED) is 0.703. The summed E-state index contributed by atoms with van der Waals surface area (Å²) in [6.45, 7) is 2.86. The van der Waals surface area contributed by atoms with Crippen molar-refractivity contribution in [1.82, 2.24) is 9.97 Å². The van der Waals surface area contributed by atoms with Crippen molar-refractivity contribution >= 4 is 22.4 Å². The van der Waals surface area contributed by atoms with E-state index in [0.717, 1.165) is 29.0 Å². The molecular weight excluding hydrogens is 176 g/mol. The molecule has 0 aliphatic carbocycles. The fraction of sp³-hybridized carbons (Fsp3) is 0.200. The molecule has 0 bridgehead atoms. The molecule has 4 nitrogen and oxygen atoms in total. The van der Waals surface area contributed by atoms with Crippen LogP contribution < -0.4 is 11.1 Å². The second kappa shape index (κ2) is 3.49. The molecule has 0 aliphatic heterocycles. The largest absolute Gasteiger partial charge is 0.399 e. The van der Waals surface area contributed by atoms with Crippen LogP contribution in [0.3, 0.4) is 0 Å². The smallest absolute Gasteiger partial charge is 0.137 e. The highest BCUT2D eigenvalue weighted by Gasteiger charge is 2.01. The van der Waals surface area contributed by atoms with Gasteiger partial charge in [0.1, 0.15) is 12.1 Å². The van der Waals surface area contributed by atoms with Crippen LogP contribution >= 0.6 is 0 Å². The molecular formula is C10H12N4. The number of hydrogen-bond donors (Lipinski definition) is 2. The van der Waals surface area contributed by atoms with Crippen LogP contribution in [0.25, 0.3) is 10.9 Å². The summed E-state index contributed by atoms with van der Waals surface area (Å²) < 4.78 is 0. The first-order valence-corrected chi connectivity index (χ1v) is 4.55. The lowest BCUT2D eigenvalue weighted by Crippen LogP contribution is -2.00. The Morgan fingerprint density at radius 2 is 2.21 bits per heavy atom. The highest BCUT2D eigenvalue weighted by atomic mass is 15.0. The molecule has 0 saturated heterocycles. The summed E-state index contributed by atoms with van der Waals surface area (Å²) in [4.78, 5) is 8.32. The number of nitrogen functional groups attached to an aromatic ring is 1. The molecule has 0 fully saturated rings. The standard InChI is InChI=1S/C10H12N4/c1-2-12-10-8-5-7(11)3-4-9(8)13-6-14-10/h3-6H,2,11H2,1H3,(H,12,13,14). The number of benzene rings is 1. The first kappa shape index (κ1) is 8.74. The van der Waals surface area contributed by atoms with E-state index in [9.17, 15) is 0 Å². The molecule has 0 saturated carbocycles. The molecule has 14 heavy (non-hydrogen) atoms. The molecule has 1 aromatic heterocycles. The Morgan fingerprint density at radius 3 is 3.00 bits per heavy atom. The van der Waals surface area contributed by atoms with E-state index in [2.05, 4.69) is 15.3 Å². The first-order chi connectivity index (χ1) is 6.81. The van der Waals surface area contributed by atoms with Crippen molar-refractivity contribution in [2.24, 2.45) is 0 Å². The summed E-state index contributed by atoms with van der Waals surface area (Å²) in [6.07, 6.45) is 1.55. The van der Waals surface area contributed by atoms with Gasteiger partial charge in [0.25, 0.3) is 0 Å². The Morgan fingerprint density at radius 1 is 1.36 bits per heavy atom. The first-order valence-electron chi connectivity index (χ1n) is 4.55. The Kier molecular flexibility index (Phi) is 2.18. The highest BCUT2D eigenvalue weighted by molar-refractivity contribution is 5.91. The van der Waals surface area contributed by atoms with Gasteiger partial charge in [-0.3, -0.25) is 0 Å². The molecule has 0 radical (unpaired) electrons. The van der Waals surface area contributed by atoms with Gasteiger partial charge in [0.05, 0.1) is 5.52 Å². The molecule has 72 valence electrons. The molecule has 0 unspecified atom stereocenters. The average molecular weight is 188 g/mol. The molecule has 0 amide bonds. The fourth-order valence-corrected chi connectivity index (χ4v) is 1.38. The predicted octanol–water partition coefficient (Wildman–Crippen LogP) is 1.64. The predicted molar refractivity (Wildman–Crippen MR) is 58.1 cm³/mol. The SMILES string of the molecule is CCNc1ncnc2ccc(N)cc12. The number of nitrogens with one attached hydrogen (secondary N) is 1. The third kappa shape index (κ3) is 1.46. The molecule has 0 aliphatic rings. The molecule has 0 spiro atoms. The molecule has 2 rings (SSSR count). The van der Waals surface area contributed by atoms with Gasteiger partial charge in [-0.2, -0.15) is 0 Å². The highest BCUT2D eigenvalue weighted by Crippen LogP contribution is 2.21. The minimum atomic E-state index is 0.728. The van der Waals surface area contributed by atoms with Gasteiger partial charge in [0.2, 0.25) is 0 Å². The summed E-state index contributed by atoms with van der Waals surface area (Å²) in [7, 11) is 0. The normalized spacial score (nSPS) is 10.4. The van der Waals surface area contributed by atoms with E-state index in [4.69, 9.17) is 5.73 Å². The number of aromatic nitrogens is 2. The van der Waals surface area contributed by atoms with E-state index in [1.165, 1.54) is 0 Å². The van der Waals surface area contributed by atoms with Crippen molar-refractivity contribution in [3.63, 3.8) is 0 Å². The molecule has 3 N–H and O–H groups in total. The van der Waals surface area contributed by atoms with E-state index < -0.39 is 0 Å². The summed E-state index contributed by atoms with van der Waals surface area (Å²) in [5.74, 6) is 0.838. The second-order valence-corrected chi connectivity index (χ2v) is 3.03. The van der Waals surface area contributed by atoms with Gasteiger partial charge in [-0.15, -0.1) is 0 Å². The number of nitrogens with two attached hydrogens (primary N) is 1. The van der Waals surface area contributed by atoms with Crippen LogP contribution in [-0.4, -0.2) is 16.5 Å². The van der Waals surface area contributed by atoms with E-state index in [1.54, 1.807) is 6.33 Å². The van der Waals surface area contributed by atoms with Crippen LogP contribution in [0.1, 0.15) is 6.92 Å². The molecule has 4 heteroatoms. The zero-order valence-corrected chi connectivity index (χ0v) is 7.99. The number of rotatable bonds is 2. The number of hydrogen-bond acceptors (Lipinski definition) is 4. The topological polar surface area (TPSA) is 63.8 Å². The van der Waals surface area contributed by atoms with Crippen LogP contribution in [0, 0.1) is 0 Å². The van der Waals surface area contributed by atoms with Gasteiger partial charge in [0, 0.05) is 17.6 Å². The monoisotopic (exact) mass is 188 g/mol. The van der Waals surface area contributed by atoms with Crippen LogP contribution in [0.2, 0.25) is 0 Å². The Bertz CT molecular complexity index is 453. The van der Waals surface area contributed by atoms with Gasteiger partial charge in [-0.1, -0.05) is 0 Å². The van der Waals surface area contributed by atoms with E-state index in [-0.39, 0.29) is 0 Å². The fourth-order valence-electron chi connectivity index (χ4n) is 1.38. The van der Waals surface area contributed by atoms with Crippen LogP contribution in [0.4, 0.5) is 11.5 Å². The molecule has 2 aromatic rings. The number of fused-ring (bicyclic) bond motifs is 1. The Labute approximate surface area is 82.2 Å². The van der Waals surface area contributed by atoms with Crippen molar-refractivity contribution in [2.45, 2.75) is 6.92 Å². The lowest BCUT2D eigenvalue weighted by molar-refractivity contribution is 1.14. The van der Waals surface area contributed by atoms with E-state index in [0.29, 0.717) is 0 Å². The number of nitrogens with zero attached hydrogens (tertiary/aromatic N) is 2. The van der Waals surface area contributed by atoms with Crippen molar-refractivity contribution < 1.29 is 0 Å². The van der Waals surface area contributed by atoms with Crippen LogP contribution in [-0.2, 0) is 0 Å². The summed E-state index contributed by atoms with van der Waals surface area (Å²) in [5.41, 5.74) is 7.34. The summed E-state index contributed by atoms with van der Waals surface area (Å²) in [5, 5.41) is 4.14. The third-order valence-corrected chi connectivity index (χ3v) is 2.00. The third-order valence-electron chi connectivity index (χ3n) is 2.00. The van der Waals surface area contributed by atoms with Gasteiger partial charge >= 0.3 is 0 Å². The van der Waals surface area contributed by atoms with E-state index in [1.807, 2.05) is 25.1 Å². The zero-order chi connectivity index (χ0) is 9.97. The maximum absolute atomic E-state index is 5.71. The van der Waals surface area contributed by atoms with Crippen LogP contribution in [0.5, 0.6) is 0 Å². The maximum Gasteiger partial charge on any atom is 0.137 e. The minimum absolute atomic E-state index is 0.728. The van der Waals surface area contributed by atoms with E-state index >= 15 is 0 Å². The average Bonchev–Trinajstić information content (AvgIpc) is 2.19. The zero-order valence-electron chi connectivity index (χ0n) is 7.99. The van der Waals surface area contributed by atoms with Gasteiger partial charge < -0.3 is 11.1 Å². The molecule has 1 heterocycles. The Balaban J connectivity index is 2.64. The summed E-state index contributed by atoms with van der Waals surface area (Å²) >= 11 is 0. The molecule has 1 aromatic carbocycles. The van der Waals surface area contributed by atoms with Crippen molar-refractivity contribution in [2.75, 3.05) is 17.6 Å². The lowest BCUT2D eigenvalue weighted by Gasteiger charge is -2.05. The Hall–Kier alpha value is -1.84. The van der Waals surface area contributed by atoms with Gasteiger partial charge in [0.15, 0.2) is 0 Å². The molecule has 0 atom stereocenters.